The van der Waals surface area contributed by atoms with Gasteiger partial charge in [-0.05, 0) is 25.9 Å². The van der Waals surface area contributed by atoms with Crippen molar-refractivity contribution in [1.82, 2.24) is 15.1 Å². The van der Waals surface area contributed by atoms with Crippen molar-refractivity contribution < 1.29 is 19.4 Å². The Morgan fingerprint density at radius 2 is 2.19 bits per heavy atom. The molecule has 7 nitrogen and oxygen atoms in total. The largest absolute Gasteiger partial charge is 0.480 e. The van der Waals surface area contributed by atoms with E-state index in [1.54, 1.807) is 7.11 Å². The maximum absolute atomic E-state index is 12.3. The van der Waals surface area contributed by atoms with Gasteiger partial charge in [-0.3, -0.25) is 4.90 Å². The van der Waals surface area contributed by atoms with Gasteiger partial charge in [-0.2, -0.15) is 0 Å². The highest BCUT2D eigenvalue weighted by atomic mass is 16.5. The molecule has 0 aromatic carbocycles. The van der Waals surface area contributed by atoms with Crippen LogP contribution in [-0.4, -0.2) is 78.4 Å². The molecule has 2 aliphatic heterocycles. The minimum atomic E-state index is -0.972. The van der Waals surface area contributed by atoms with Crippen LogP contribution < -0.4 is 5.32 Å². The van der Waals surface area contributed by atoms with Crippen LogP contribution in [0.2, 0.25) is 0 Å². The third-order valence-corrected chi connectivity index (χ3v) is 4.54. The summed E-state index contributed by atoms with van der Waals surface area (Å²) in [6, 6.07) is -0.728. The van der Waals surface area contributed by atoms with Crippen molar-refractivity contribution in [2.45, 2.75) is 44.4 Å². The highest BCUT2D eigenvalue weighted by molar-refractivity contribution is 5.83. The van der Waals surface area contributed by atoms with Crippen molar-refractivity contribution in [3.63, 3.8) is 0 Å². The number of likely N-dealkylation sites (tertiary alicyclic amines) is 2. The van der Waals surface area contributed by atoms with Gasteiger partial charge in [-0.15, -0.1) is 0 Å². The van der Waals surface area contributed by atoms with Gasteiger partial charge in [-0.1, -0.05) is 6.92 Å². The number of likely N-dealkylation sites (N-methyl/N-ethyl adjacent to an activating group) is 1. The Bertz CT molecular complexity index is 390. The summed E-state index contributed by atoms with van der Waals surface area (Å²) in [6.45, 7) is 5.08. The molecule has 0 spiro atoms. The van der Waals surface area contributed by atoms with Crippen LogP contribution in [0, 0.1) is 0 Å². The molecule has 120 valence electrons. The van der Waals surface area contributed by atoms with Crippen LogP contribution in [0.5, 0.6) is 0 Å². The third-order valence-electron chi connectivity index (χ3n) is 4.54. The van der Waals surface area contributed by atoms with Gasteiger partial charge in [0.25, 0.3) is 0 Å². The van der Waals surface area contributed by atoms with E-state index in [0.29, 0.717) is 25.6 Å². The summed E-state index contributed by atoms with van der Waals surface area (Å²) < 4.78 is 5.19. The van der Waals surface area contributed by atoms with Crippen molar-refractivity contribution in [3.05, 3.63) is 0 Å². The smallest absolute Gasteiger partial charge is 0.326 e. The van der Waals surface area contributed by atoms with E-state index in [1.807, 2.05) is 0 Å². The third kappa shape index (κ3) is 3.65. The van der Waals surface area contributed by atoms with Gasteiger partial charge < -0.3 is 20.1 Å². The molecular weight excluding hydrogens is 274 g/mol. The quantitative estimate of drug-likeness (QED) is 0.766. The number of aliphatic carboxylic acids is 1. The van der Waals surface area contributed by atoms with Gasteiger partial charge in [0.15, 0.2) is 0 Å². The number of hydrogen-bond donors (Lipinski definition) is 2. The zero-order valence-corrected chi connectivity index (χ0v) is 12.7. The SMILES string of the molecule is CCN1CCCC1CNC(=O)N1CC(OC)CC1C(=O)O. The van der Waals surface area contributed by atoms with Crippen LogP contribution in [-0.2, 0) is 9.53 Å². The number of urea groups is 1. The Balaban J connectivity index is 1.88. The van der Waals surface area contributed by atoms with Crippen LogP contribution in [0.25, 0.3) is 0 Å². The summed E-state index contributed by atoms with van der Waals surface area (Å²) in [6.07, 6.45) is 2.39. The highest BCUT2D eigenvalue weighted by Gasteiger charge is 2.40. The maximum atomic E-state index is 12.3. The Kier molecular flexibility index (Phi) is 5.41. The Hall–Kier alpha value is -1.34. The lowest BCUT2D eigenvalue weighted by Crippen LogP contribution is -2.49. The van der Waals surface area contributed by atoms with Crippen molar-refractivity contribution in [3.8, 4) is 0 Å². The van der Waals surface area contributed by atoms with Crippen LogP contribution in [0.1, 0.15) is 26.2 Å². The summed E-state index contributed by atoms with van der Waals surface area (Å²) in [5.74, 6) is -0.972. The summed E-state index contributed by atoms with van der Waals surface area (Å²) in [5.41, 5.74) is 0. The van der Waals surface area contributed by atoms with Crippen molar-refractivity contribution in [2.75, 3.05) is 33.3 Å². The summed E-state index contributed by atoms with van der Waals surface area (Å²) in [4.78, 5) is 27.2. The summed E-state index contributed by atoms with van der Waals surface area (Å²) >= 11 is 0. The molecule has 2 amide bonds. The number of rotatable bonds is 5. The first kappa shape index (κ1) is 16.0. The second-order valence-corrected chi connectivity index (χ2v) is 5.71. The molecule has 0 aromatic heterocycles. The van der Waals surface area contributed by atoms with E-state index in [2.05, 4.69) is 17.1 Å². The van der Waals surface area contributed by atoms with Gasteiger partial charge in [0, 0.05) is 32.7 Å². The number of carbonyl (C=O) groups is 2. The zero-order chi connectivity index (χ0) is 15.4. The van der Waals surface area contributed by atoms with E-state index >= 15 is 0 Å². The number of amides is 2. The van der Waals surface area contributed by atoms with E-state index in [4.69, 9.17) is 4.74 Å². The van der Waals surface area contributed by atoms with Gasteiger partial charge >= 0.3 is 12.0 Å². The summed E-state index contributed by atoms with van der Waals surface area (Å²) in [7, 11) is 1.54. The van der Waals surface area contributed by atoms with E-state index in [1.165, 1.54) is 4.90 Å². The number of ether oxygens (including phenoxy) is 1. The van der Waals surface area contributed by atoms with E-state index < -0.39 is 12.0 Å². The molecule has 0 saturated carbocycles. The Morgan fingerprint density at radius 1 is 1.43 bits per heavy atom. The van der Waals surface area contributed by atoms with Crippen LogP contribution in [0.15, 0.2) is 0 Å². The van der Waals surface area contributed by atoms with Crippen LogP contribution in [0.4, 0.5) is 4.79 Å². The van der Waals surface area contributed by atoms with Crippen LogP contribution in [0.3, 0.4) is 0 Å². The fraction of sp³-hybridized carbons (Fsp3) is 0.857. The van der Waals surface area contributed by atoms with Crippen LogP contribution >= 0.6 is 0 Å². The molecular formula is C14H25N3O4. The molecule has 21 heavy (non-hydrogen) atoms. The fourth-order valence-electron chi connectivity index (χ4n) is 3.28. The van der Waals surface area contributed by atoms with E-state index in [9.17, 15) is 14.7 Å². The van der Waals surface area contributed by atoms with E-state index in [-0.39, 0.29) is 12.1 Å². The second-order valence-electron chi connectivity index (χ2n) is 5.71. The number of nitrogens with one attached hydrogen (secondary N) is 1. The molecule has 2 rings (SSSR count). The molecule has 7 heteroatoms. The number of hydrogen-bond acceptors (Lipinski definition) is 4. The molecule has 2 fully saturated rings. The number of carboxylic acids is 1. The van der Waals surface area contributed by atoms with Gasteiger partial charge in [-0.25, -0.2) is 9.59 Å². The fourth-order valence-corrected chi connectivity index (χ4v) is 3.28. The average molecular weight is 299 g/mol. The minimum absolute atomic E-state index is 0.199. The molecule has 0 radical (unpaired) electrons. The highest BCUT2D eigenvalue weighted by Crippen LogP contribution is 2.21. The Morgan fingerprint density at radius 3 is 2.81 bits per heavy atom. The van der Waals surface area contributed by atoms with Gasteiger partial charge in [0.05, 0.1) is 6.10 Å². The monoisotopic (exact) mass is 299 g/mol. The lowest BCUT2D eigenvalue weighted by molar-refractivity contribution is -0.141. The normalized spacial score (nSPS) is 29.8. The van der Waals surface area contributed by atoms with Gasteiger partial charge in [0.1, 0.15) is 6.04 Å². The molecule has 0 aliphatic carbocycles. The zero-order valence-electron chi connectivity index (χ0n) is 12.7. The second kappa shape index (κ2) is 7.09. The maximum Gasteiger partial charge on any atom is 0.326 e. The topological polar surface area (TPSA) is 82.1 Å². The van der Waals surface area contributed by atoms with Crippen molar-refractivity contribution in [1.29, 1.82) is 0 Å². The number of nitrogens with zero attached hydrogens (tertiary/aromatic N) is 2. The molecule has 2 aliphatic rings. The molecule has 2 heterocycles. The molecule has 3 atom stereocenters. The number of carboxylic acid groups (broad SMARTS) is 1. The van der Waals surface area contributed by atoms with Crippen molar-refractivity contribution >= 4 is 12.0 Å². The first-order valence-corrected chi connectivity index (χ1v) is 7.61. The van der Waals surface area contributed by atoms with Gasteiger partial charge in [0.2, 0.25) is 0 Å². The Labute approximate surface area is 125 Å². The number of methoxy groups -OCH3 is 1. The molecule has 0 aromatic rings. The standard InChI is InChI=1S/C14H25N3O4/c1-3-16-6-4-5-10(16)8-15-14(20)17-9-11(21-2)7-12(17)13(18)19/h10-12H,3-9H2,1-2H3,(H,15,20)(H,18,19). The molecule has 3 unspecified atom stereocenters. The molecule has 2 saturated heterocycles. The average Bonchev–Trinajstić information content (AvgIpc) is 3.10. The minimum Gasteiger partial charge on any atom is -0.480 e. The predicted octanol–water partition coefficient (Wildman–Crippen LogP) is 0.354. The summed E-state index contributed by atoms with van der Waals surface area (Å²) in [5, 5.41) is 12.1. The lowest BCUT2D eigenvalue weighted by atomic mass is 10.2. The molecule has 2 N–H and O–H groups in total. The van der Waals surface area contributed by atoms with Crippen molar-refractivity contribution in [2.24, 2.45) is 0 Å². The first-order valence-electron chi connectivity index (χ1n) is 7.61. The lowest BCUT2D eigenvalue weighted by Gasteiger charge is -2.26. The van der Waals surface area contributed by atoms with E-state index in [0.717, 1.165) is 25.9 Å². The molecule has 0 bridgehead atoms. The predicted molar refractivity (Wildman–Crippen MR) is 77.2 cm³/mol. The number of carbonyl (C=O) groups excluding carboxylic acids is 1. The first-order chi connectivity index (χ1) is 10.1.